The molecule has 110 valence electrons. The molecule has 5 heteroatoms. The first-order chi connectivity index (χ1) is 8.39. The molecule has 0 aliphatic carbocycles. The molecule has 0 unspecified atom stereocenters. The molecule has 0 aromatic heterocycles. The molecule has 0 bridgehead atoms. The van der Waals surface area contributed by atoms with Gasteiger partial charge in [0, 0.05) is 23.8 Å². The second kappa shape index (κ2) is 9.18. The Kier molecular flexibility index (Phi) is 9.30. The van der Waals surface area contributed by atoms with Crippen molar-refractivity contribution >= 4 is 15.9 Å². The number of hydrogen-bond acceptors (Lipinski definition) is 1. The van der Waals surface area contributed by atoms with Crippen LogP contribution < -0.4 is 0 Å². The molecular formula is C13H24BrF3O. The van der Waals surface area contributed by atoms with Crippen LogP contribution in [0.4, 0.5) is 13.2 Å². The van der Waals surface area contributed by atoms with E-state index in [1.807, 2.05) is 0 Å². The van der Waals surface area contributed by atoms with E-state index in [0.717, 1.165) is 31.0 Å². The zero-order valence-corrected chi connectivity index (χ0v) is 12.9. The third-order valence-electron chi connectivity index (χ3n) is 3.00. The highest BCUT2D eigenvalue weighted by Crippen LogP contribution is 2.32. The molecular weight excluding hydrogens is 309 g/mol. The second-order valence-electron chi connectivity index (χ2n) is 4.90. The van der Waals surface area contributed by atoms with E-state index >= 15 is 0 Å². The summed E-state index contributed by atoms with van der Waals surface area (Å²) in [6.07, 6.45) is -0.537. The average molecular weight is 333 g/mol. The molecule has 0 aliphatic heterocycles. The van der Waals surface area contributed by atoms with Crippen LogP contribution in [0, 0.1) is 5.41 Å². The lowest BCUT2D eigenvalue weighted by molar-refractivity contribution is -0.138. The fraction of sp³-hybridized carbons (Fsp3) is 1.00. The van der Waals surface area contributed by atoms with Crippen molar-refractivity contribution in [2.45, 2.75) is 58.5 Å². The van der Waals surface area contributed by atoms with Crippen LogP contribution in [0.25, 0.3) is 0 Å². The summed E-state index contributed by atoms with van der Waals surface area (Å²) in [7, 11) is 0. The van der Waals surface area contributed by atoms with Gasteiger partial charge in [-0.3, -0.25) is 0 Å². The first-order valence-corrected chi connectivity index (χ1v) is 7.72. The van der Waals surface area contributed by atoms with E-state index in [1.165, 1.54) is 0 Å². The molecule has 0 atom stereocenters. The molecule has 0 saturated carbocycles. The minimum Gasteiger partial charge on any atom is -0.381 e. The van der Waals surface area contributed by atoms with E-state index < -0.39 is 12.6 Å². The predicted octanol–water partition coefficient (Wildman–Crippen LogP) is 5.33. The summed E-state index contributed by atoms with van der Waals surface area (Å²) in [4.78, 5) is 0. The Labute approximate surface area is 117 Å². The van der Waals surface area contributed by atoms with Gasteiger partial charge in [-0.1, -0.05) is 42.6 Å². The van der Waals surface area contributed by atoms with Crippen molar-refractivity contribution in [2.24, 2.45) is 5.41 Å². The fourth-order valence-corrected chi connectivity index (χ4v) is 2.89. The summed E-state index contributed by atoms with van der Waals surface area (Å²) in [6, 6.07) is 0. The summed E-state index contributed by atoms with van der Waals surface area (Å²) in [5.41, 5.74) is 0.0851. The lowest BCUT2D eigenvalue weighted by atomic mass is 9.82. The monoisotopic (exact) mass is 332 g/mol. The number of halogens is 4. The number of alkyl halides is 4. The Morgan fingerprint density at radius 1 is 1.00 bits per heavy atom. The Balaban J connectivity index is 3.96. The van der Waals surface area contributed by atoms with Crippen molar-refractivity contribution < 1.29 is 17.9 Å². The number of hydrogen-bond donors (Lipinski definition) is 0. The average Bonchev–Trinajstić information content (AvgIpc) is 2.27. The van der Waals surface area contributed by atoms with E-state index in [1.54, 1.807) is 0 Å². The van der Waals surface area contributed by atoms with Crippen molar-refractivity contribution in [3.05, 3.63) is 0 Å². The number of rotatable bonds is 10. The van der Waals surface area contributed by atoms with Crippen LogP contribution in [0.2, 0.25) is 0 Å². The van der Waals surface area contributed by atoms with E-state index in [9.17, 15) is 13.2 Å². The Morgan fingerprint density at radius 3 is 1.94 bits per heavy atom. The molecule has 0 heterocycles. The van der Waals surface area contributed by atoms with E-state index in [0.29, 0.717) is 6.61 Å². The highest BCUT2D eigenvalue weighted by Gasteiger charge is 2.28. The van der Waals surface area contributed by atoms with E-state index in [-0.39, 0.29) is 18.4 Å². The Morgan fingerprint density at radius 2 is 1.56 bits per heavy atom. The van der Waals surface area contributed by atoms with Gasteiger partial charge in [-0.05, 0) is 19.3 Å². The maximum atomic E-state index is 12.0. The zero-order chi connectivity index (χ0) is 14.1. The summed E-state index contributed by atoms with van der Waals surface area (Å²) in [5.74, 6) is 0. The van der Waals surface area contributed by atoms with E-state index in [2.05, 4.69) is 29.8 Å². The van der Waals surface area contributed by atoms with Gasteiger partial charge in [0.2, 0.25) is 0 Å². The summed E-state index contributed by atoms with van der Waals surface area (Å²) >= 11 is 3.52. The molecule has 18 heavy (non-hydrogen) atoms. The fourth-order valence-electron chi connectivity index (χ4n) is 2.17. The van der Waals surface area contributed by atoms with Crippen molar-refractivity contribution in [3.63, 3.8) is 0 Å². The normalized spacial score (nSPS) is 13.0. The first kappa shape index (κ1) is 18.2. The topological polar surface area (TPSA) is 9.23 Å². The van der Waals surface area contributed by atoms with Crippen molar-refractivity contribution in [3.8, 4) is 0 Å². The molecule has 0 amide bonds. The molecule has 0 radical (unpaired) electrons. The maximum absolute atomic E-state index is 12.0. The smallest absolute Gasteiger partial charge is 0.381 e. The molecule has 0 aliphatic rings. The minimum absolute atomic E-state index is 0.0557. The van der Waals surface area contributed by atoms with Gasteiger partial charge >= 0.3 is 6.18 Å². The van der Waals surface area contributed by atoms with Gasteiger partial charge in [0.15, 0.2) is 0 Å². The van der Waals surface area contributed by atoms with Crippen LogP contribution in [0.5, 0.6) is 0 Å². The van der Waals surface area contributed by atoms with Crippen molar-refractivity contribution in [1.82, 2.24) is 0 Å². The van der Waals surface area contributed by atoms with Gasteiger partial charge in [0.25, 0.3) is 0 Å². The molecule has 0 saturated heterocycles. The summed E-state index contributed by atoms with van der Waals surface area (Å²) < 4.78 is 41.3. The lowest BCUT2D eigenvalue weighted by Gasteiger charge is -2.31. The lowest BCUT2D eigenvalue weighted by Crippen LogP contribution is -2.29. The Hall–Kier alpha value is 0.230. The van der Waals surface area contributed by atoms with Crippen LogP contribution in [0.15, 0.2) is 0 Å². The first-order valence-electron chi connectivity index (χ1n) is 6.59. The summed E-state index contributed by atoms with van der Waals surface area (Å²) in [6.45, 7) is 4.99. The highest BCUT2D eigenvalue weighted by molar-refractivity contribution is 9.09. The maximum Gasteiger partial charge on any atom is 0.389 e. The Bertz CT molecular complexity index is 201. The van der Waals surface area contributed by atoms with Crippen molar-refractivity contribution in [1.29, 1.82) is 0 Å². The second-order valence-corrected chi connectivity index (χ2v) is 5.47. The summed E-state index contributed by atoms with van der Waals surface area (Å²) in [5, 5.41) is 0.848. The zero-order valence-electron chi connectivity index (χ0n) is 11.3. The molecule has 1 nitrogen and oxygen atoms in total. The highest BCUT2D eigenvalue weighted by atomic mass is 79.9. The third-order valence-corrected chi connectivity index (χ3v) is 4.19. The van der Waals surface area contributed by atoms with Gasteiger partial charge < -0.3 is 4.74 Å². The predicted molar refractivity (Wildman–Crippen MR) is 72.2 cm³/mol. The molecule has 0 fully saturated rings. The minimum atomic E-state index is -4.07. The largest absolute Gasteiger partial charge is 0.389 e. The van der Waals surface area contributed by atoms with Crippen LogP contribution in [-0.4, -0.2) is 24.7 Å². The van der Waals surface area contributed by atoms with Gasteiger partial charge in [-0.15, -0.1) is 0 Å². The molecule has 0 rings (SSSR count). The van der Waals surface area contributed by atoms with Crippen LogP contribution in [0.1, 0.15) is 52.4 Å². The number of ether oxygens (including phenoxy) is 1. The molecule has 0 aromatic carbocycles. The van der Waals surface area contributed by atoms with Gasteiger partial charge in [-0.25, -0.2) is 0 Å². The quantitative estimate of drug-likeness (QED) is 0.388. The molecule has 0 spiro atoms. The molecule has 0 N–H and O–H groups in total. The van der Waals surface area contributed by atoms with Gasteiger partial charge in [0.1, 0.15) is 0 Å². The van der Waals surface area contributed by atoms with Crippen LogP contribution >= 0.6 is 15.9 Å². The standard InChI is InChI=1S/C13H24BrF3O/c1-3-6-12(10-14,7-4-2)11-18-9-5-8-13(15,16)17/h3-11H2,1-2H3. The van der Waals surface area contributed by atoms with Crippen LogP contribution in [-0.2, 0) is 4.74 Å². The van der Waals surface area contributed by atoms with Gasteiger partial charge in [-0.2, -0.15) is 13.2 Å². The molecule has 0 aromatic rings. The SMILES string of the molecule is CCCC(CBr)(CCC)COCCCC(F)(F)F. The van der Waals surface area contributed by atoms with Crippen LogP contribution in [0.3, 0.4) is 0 Å². The van der Waals surface area contributed by atoms with E-state index in [4.69, 9.17) is 4.74 Å². The third kappa shape index (κ3) is 8.35. The van der Waals surface area contributed by atoms with Gasteiger partial charge in [0.05, 0.1) is 6.61 Å². The van der Waals surface area contributed by atoms with Crippen molar-refractivity contribution in [2.75, 3.05) is 18.5 Å².